The van der Waals surface area contributed by atoms with Crippen molar-refractivity contribution in [1.29, 1.82) is 0 Å². The number of anilines is 3. The topological polar surface area (TPSA) is 26.2 Å². The molecule has 0 radical (unpaired) electrons. The van der Waals surface area contributed by atoms with Crippen LogP contribution in [0.1, 0.15) is 109 Å². The molecule has 0 amide bonds. The Hall–Kier alpha value is -12.5. The van der Waals surface area contributed by atoms with Crippen LogP contribution in [0.4, 0.5) is 17.1 Å². The van der Waals surface area contributed by atoms with E-state index in [1.807, 2.05) is 18.2 Å². The molecule has 0 bridgehead atoms. The van der Waals surface area contributed by atoms with Crippen LogP contribution in [0.5, 0.6) is 0 Å². The second-order valence-electron chi connectivity index (χ2n) is 30.0. The van der Waals surface area contributed by atoms with E-state index in [1.54, 1.807) is 4.57 Å². The zero-order chi connectivity index (χ0) is 76.7. The van der Waals surface area contributed by atoms with Gasteiger partial charge in [0.25, 0.3) is 0 Å². The highest BCUT2D eigenvalue weighted by Gasteiger charge is 2.46. The molecule has 4 nitrogen and oxygen atoms in total. The molecule has 104 heavy (non-hydrogen) atoms. The van der Waals surface area contributed by atoms with Gasteiger partial charge < -0.3 is 18.5 Å². The summed E-state index contributed by atoms with van der Waals surface area (Å²) in [5.41, 5.74) is 25.1. The Bertz CT molecular complexity index is 6920. The first-order valence-corrected chi connectivity index (χ1v) is 36.0. The van der Waals surface area contributed by atoms with E-state index in [0.29, 0.717) is 11.3 Å². The van der Waals surface area contributed by atoms with E-state index in [1.165, 1.54) is 5.56 Å². The second kappa shape index (κ2) is 23.5. The molecule has 1 aliphatic carbocycles. The van der Waals surface area contributed by atoms with Gasteiger partial charge in [0.05, 0.1) is 50.1 Å². The lowest BCUT2D eigenvalue weighted by atomic mass is 9.63. The van der Waals surface area contributed by atoms with Crippen LogP contribution in [0.3, 0.4) is 0 Å². The molecule has 4 heteroatoms. The predicted molar refractivity (Wildman–Crippen MR) is 436 cm³/mol. The lowest BCUT2D eigenvalue weighted by Crippen LogP contribution is -2.30. The molecule has 0 spiro atoms. The summed E-state index contributed by atoms with van der Waals surface area (Å²) in [5, 5.41) is 3.95. The summed E-state index contributed by atoms with van der Waals surface area (Å²) in [4.78, 5) is 2.49. The van der Waals surface area contributed by atoms with Gasteiger partial charge in [-0.25, -0.2) is 0 Å². The van der Waals surface area contributed by atoms with Gasteiger partial charge >= 0.3 is 0 Å². The maximum atomic E-state index is 10.3. The number of benzene rings is 15. The van der Waals surface area contributed by atoms with Crippen molar-refractivity contribution in [3.05, 3.63) is 378 Å². The van der Waals surface area contributed by atoms with E-state index in [2.05, 4.69) is 318 Å². The first kappa shape index (κ1) is 53.4. The molecule has 0 N–H and O–H groups in total. The zero-order valence-corrected chi connectivity index (χ0v) is 58.5. The molecule has 2 atom stereocenters. The molecule has 0 saturated carbocycles. The van der Waals surface area contributed by atoms with Crippen molar-refractivity contribution in [2.24, 2.45) is 0 Å². The van der Waals surface area contributed by atoms with Crippen molar-refractivity contribution in [1.82, 2.24) is 9.13 Å². The third-order valence-electron chi connectivity index (χ3n) is 22.0. The smallest absolute Gasteiger partial charge is 0.136 e. The number of hydrogen-bond acceptors (Lipinski definition) is 2. The maximum Gasteiger partial charge on any atom is 0.136 e. The molecular weight excluding hydrogens is 1260 g/mol. The maximum absolute atomic E-state index is 10.3. The molecule has 4 heterocycles. The van der Waals surface area contributed by atoms with E-state index in [9.17, 15) is 11.0 Å². The Morgan fingerprint density at radius 1 is 0.317 bits per heavy atom. The number of hydrogen-bond donors (Lipinski definition) is 0. The minimum atomic E-state index is -0.695. The predicted octanol–water partition coefficient (Wildman–Crippen LogP) is 27.2. The van der Waals surface area contributed by atoms with Crippen LogP contribution >= 0.6 is 0 Å². The van der Waals surface area contributed by atoms with Crippen molar-refractivity contribution < 1.29 is 15.4 Å². The van der Waals surface area contributed by atoms with E-state index in [0.717, 1.165) is 155 Å². The van der Waals surface area contributed by atoms with Gasteiger partial charge in [-0.3, -0.25) is 0 Å². The summed E-state index contributed by atoms with van der Waals surface area (Å²) in [6.45, 7) is 13.6. The average Bonchev–Trinajstić information content (AvgIpc) is 1.01. The van der Waals surface area contributed by atoms with Crippen molar-refractivity contribution in [2.75, 3.05) is 4.90 Å². The van der Waals surface area contributed by atoms with Crippen LogP contribution in [-0.4, -0.2) is 9.13 Å². The number of aromatic nitrogens is 2. The summed E-state index contributed by atoms with van der Waals surface area (Å²) in [5.74, 6) is -1.20. The molecule has 0 saturated heterocycles. The highest BCUT2D eigenvalue weighted by Crippen LogP contribution is 2.65. The number of fused-ring (bicyclic) bond motifs is 13. The number of rotatable bonds is 9. The van der Waals surface area contributed by atoms with Gasteiger partial charge in [-0.1, -0.05) is 302 Å². The van der Waals surface area contributed by atoms with Gasteiger partial charge in [-0.05, 0) is 173 Å². The van der Waals surface area contributed by atoms with Crippen LogP contribution in [0.2, 0.25) is 0 Å². The molecule has 0 fully saturated rings. The van der Waals surface area contributed by atoms with E-state index in [4.69, 9.17) is 4.42 Å². The summed E-state index contributed by atoms with van der Waals surface area (Å²) in [7, 11) is 0. The van der Waals surface area contributed by atoms with Crippen LogP contribution in [0.15, 0.2) is 338 Å². The molecular formula is C100H75N3O. The number of nitrogens with zero attached hydrogens (tertiary/aromatic N) is 3. The van der Waals surface area contributed by atoms with Crippen LogP contribution in [-0.2, 0) is 10.8 Å². The molecule has 20 rings (SSSR count). The third kappa shape index (κ3) is 9.51. The Labute approximate surface area is 617 Å². The minimum absolute atomic E-state index is 0.00721. The molecule has 2 unspecified atom stereocenters. The Balaban J connectivity index is 1.06. The van der Waals surface area contributed by atoms with Crippen molar-refractivity contribution >= 4 is 82.6 Å². The first-order chi connectivity index (χ1) is 54.2. The highest BCUT2D eigenvalue weighted by molar-refractivity contribution is 6.21. The van der Waals surface area contributed by atoms with Crippen molar-refractivity contribution in [3.63, 3.8) is 0 Å². The minimum Gasteiger partial charge on any atom is -0.456 e. The fraction of sp³-hybridized carbons (Fsp3) is 0.100. The fourth-order valence-electron chi connectivity index (χ4n) is 17.3. The molecule has 2 aliphatic rings. The zero-order valence-electron chi connectivity index (χ0n) is 66.5. The molecule has 15 aromatic carbocycles. The van der Waals surface area contributed by atoms with Gasteiger partial charge in [-0.15, -0.1) is 0 Å². The number of furan rings is 1. The first-order valence-electron chi connectivity index (χ1n) is 40.0. The summed E-state index contributed by atoms with van der Waals surface area (Å²) in [6.07, 6.45) is 0. The third-order valence-corrected chi connectivity index (χ3v) is 22.0. The highest BCUT2D eigenvalue weighted by atomic mass is 16.3. The summed E-state index contributed by atoms with van der Waals surface area (Å²) in [6, 6.07) is 98.8. The van der Waals surface area contributed by atoms with Gasteiger partial charge in [-0.2, -0.15) is 0 Å². The Morgan fingerprint density at radius 3 is 1.53 bits per heavy atom. The average molecular weight is 1340 g/mol. The van der Waals surface area contributed by atoms with Gasteiger partial charge in [0, 0.05) is 66.7 Å². The van der Waals surface area contributed by atoms with Gasteiger partial charge in [0.1, 0.15) is 11.2 Å². The van der Waals surface area contributed by atoms with E-state index in [-0.39, 0.29) is 44.7 Å². The van der Waals surface area contributed by atoms with Crippen LogP contribution in [0.25, 0.3) is 133 Å². The molecule has 496 valence electrons. The molecule has 3 aromatic heterocycles. The molecule has 1 aliphatic heterocycles. The van der Waals surface area contributed by atoms with Crippen molar-refractivity contribution in [2.45, 2.75) is 64.2 Å². The van der Waals surface area contributed by atoms with Crippen molar-refractivity contribution in [3.8, 4) is 67.0 Å². The number of para-hydroxylation sites is 5. The lowest BCUT2D eigenvalue weighted by Gasteiger charge is -2.46. The normalized spacial score (nSPS) is 15.3. The van der Waals surface area contributed by atoms with Gasteiger partial charge in [0.2, 0.25) is 0 Å². The summed E-state index contributed by atoms with van der Waals surface area (Å²) < 4.78 is 89.6. The van der Waals surface area contributed by atoms with Crippen LogP contribution in [0, 0.1) is 0 Å². The molecule has 18 aromatic rings. The van der Waals surface area contributed by atoms with Gasteiger partial charge in [0.15, 0.2) is 0 Å². The SMILES string of the molecule is [2H]c1c([2H])c([2H])c2c(c1[2H])c1c([2H])c([2H])c([2H])c([2H])c1n2-c1cc2c3c(c1)N(c1c(-c4ccccc4)cc4oc5ccccc5c4c1-c1ccccc1)c1cc(C(C)(C)C)ccc1C3c1cc(-c3cccc(C(C)(C)C)c3)ccc1C2c1c(-c2ccccc2)cc2c(c1-c1ccccc1)c1ccccc1n2-c1ccccc1. The Kier molecular flexibility index (Phi) is 12.1. The quantitative estimate of drug-likeness (QED) is 0.144. The van der Waals surface area contributed by atoms with E-state index >= 15 is 0 Å². The van der Waals surface area contributed by atoms with Crippen LogP contribution < -0.4 is 4.90 Å². The Morgan fingerprint density at radius 2 is 0.856 bits per heavy atom. The largest absolute Gasteiger partial charge is 0.456 e. The monoisotopic (exact) mass is 1340 g/mol. The summed E-state index contributed by atoms with van der Waals surface area (Å²) >= 11 is 0. The van der Waals surface area contributed by atoms with E-state index < -0.39 is 48.1 Å². The second-order valence-corrected chi connectivity index (χ2v) is 30.0. The lowest BCUT2D eigenvalue weighted by molar-refractivity contribution is 0.589. The fourth-order valence-corrected chi connectivity index (χ4v) is 17.3. The standard InChI is InChI=1S/C100H75N3O/c1-99(2,3)68-40-30-39-66(55-68)67-51-53-74-80(56-67)93-76-54-52-69(100(4,5)6)57-85(76)103(98-79(63-33-14-8-15-34-63)61-89-96(77-46-25-29-50-88(77)104-89)91(98)65-37-18-10-19-38-65)86-59-71(102-82-47-26-22-43-72(82)73-44-23-27-48-83(73)102)58-81(95(86)93)92(74)97-78(62-31-12-7-13-32-62)60-87-94(90(97)64-35-16-9-17-36-64)75-45-24-28-49-84(75)101(87)70-41-20-11-21-42-70/h7-61,92-93H,1-6H3/i22D,23D,26D,27D,43D,44D,47D,48D.